The number of allylic oxidation sites excluding steroid dienone is 2. The zero-order valence-corrected chi connectivity index (χ0v) is 31.2. The third-order valence-corrected chi connectivity index (χ3v) is 11.2. The minimum absolute atomic E-state index is 0.0411. The summed E-state index contributed by atoms with van der Waals surface area (Å²) in [6.07, 6.45) is -0.0962. The maximum absolute atomic E-state index is 14.4. The van der Waals surface area contributed by atoms with Gasteiger partial charge in [0.25, 0.3) is 5.91 Å². The lowest BCUT2D eigenvalue weighted by atomic mass is 10.1. The van der Waals surface area contributed by atoms with Crippen molar-refractivity contribution in [1.82, 2.24) is 25.2 Å². The van der Waals surface area contributed by atoms with Crippen molar-refractivity contribution in [2.24, 2.45) is 5.92 Å². The number of sulfonamides is 1. The maximum Gasteiger partial charge on any atom is 0.410 e. The number of likely N-dealkylation sites (tertiary alicyclic amines) is 1. The number of nitrogens with zero attached hydrogens (tertiary/aromatic N) is 2. The Morgan fingerprint density at radius 2 is 1.81 bits per heavy atom. The number of carbonyl (C=O) groups is 6. The van der Waals surface area contributed by atoms with Gasteiger partial charge in [-0.1, -0.05) is 23.8 Å². The van der Waals surface area contributed by atoms with Crippen LogP contribution in [-0.2, 0) is 51.8 Å². The van der Waals surface area contributed by atoms with E-state index in [4.69, 9.17) is 9.47 Å². The number of benzene rings is 1. The molecule has 288 valence electrons. The molecule has 0 spiro atoms. The predicted molar refractivity (Wildman–Crippen MR) is 188 cm³/mol. The molecule has 1 aromatic rings. The van der Waals surface area contributed by atoms with Gasteiger partial charge in [0, 0.05) is 30.9 Å². The standard InChI is InChI=1S/C36H46FN5O10S/c1-7-22-16-36(22,32(46)40-53(49,50)25-11-12-25)39-30(44)29-15-24(51-34(48)41-17-21-9-8-10-27(37)26(21)19-41)18-42(29)31(45)28(14-23(43)13-20(2)3)38-33(47)52-35(4,5)6/h7-10,13,22,24-25,28-29H,1,11-12,14-19H2,2-6H3,(H,38,47)(H,39,44)(H,40,46). The number of nitrogens with one attached hydrogen (secondary N) is 3. The number of hydrogen-bond acceptors (Lipinski definition) is 10. The van der Waals surface area contributed by atoms with Gasteiger partial charge in [0.15, 0.2) is 5.78 Å². The monoisotopic (exact) mass is 759 g/mol. The lowest BCUT2D eigenvalue weighted by Gasteiger charge is -2.30. The highest BCUT2D eigenvalue weighted by molar-refractivity contribution is 7.91. The van der Waals surface area contributed by atoms with Crippen molar-refractivity contribution in [3.63, 3.8) is 0 Å². The third kappa shape index (κ3) is 9.23. The summed E-state index contributed by atoms with van der Waals surface area (Å²) in [5, 5.41) is 4.37. The number of hydrogen-bond donors (Lipinski definition) is 3. The van der Waals surface area contributed by atoms with Crippen LogP contribution in [0.1, 0.15) is 77.8 Å². The summed E-state index contributed by atoms with van der Waals surface area (Å²) in [4.78, 5) is 83.3. The smallest absolute Gasteiger partial charge is 0.410 e. The quantitative estimate of drug-likeness (QED) is 0.211. The van der Waals surface area contributed by atoms with Gasteiger partial charge in [-0.15, -0.1) is 6.58 Å². The molecule has 2 saturated carbocycles. The Balaban J connectivity index is 1.40. The number of carbonyl (C=O) groups excluding carboxylic acids is 6. The minimum Gasteiger partial charge on any atom is -0.444 e. The van der Waals surface area contributed by atoms with E-state index in [1.165, 1.54) is 29.2 Å². The summed E-state index contributed by atoms with van der Waals surface area (Å²) in [7, 11) is -3.97. The molecule has 2 aliphatic heterocycles. The van der Waals surface area contributed by atoms with Crippen LogP contribution in [0.15, 0.2) is 42.5 Å². The van der Waals surface area contributed by atoms with E-state index >= 15 is 0 Å². The van der Waals surface area contributed by atoms with Gasteiger partial charge in [-0.3, -0.25) is 28.8 Å². The summed E-state index contributed by atoms with van der Waals surface area (Å²) in [5.41, 5.74) is -1.04. The van der Waals surface area contributed by atoms with Crippen molar-refractivity contribution in [2.45, 2.75) is 114 Å². The van der Waals surface area contributed by atoms with Crippen LogP contribution >= 0.6 is 0 Å². The van der Waals surface area contributed by atoms with E-state index in [-0.39, 0.29) is 32.5 Å². The van der Waals surface area contributed by atoms with E-state index in [0.717, 1.165) is 4.90 Å². The Bertz CT molecular complexity index is 1850. The number of fused-ring (bicyclic) bond motifs is 1. The molecule has 53 heavy (non-hydrogen) atoms. The van der Waals surface area contributed by atoms with Crippen LogP contribution in [0.4, 0.5) is 14.0 Å². The molecule has 0 radical (unpaired) electrons. The van der Waals surface area contributed by atoms with Crippen molar-refractivity contribution in [3.05, 3.63) is 59.4 Å². The number of ether oxygens (including phenoxy) is 2. The van der Waals surface area contributed by atoms with Crippen LogP contribution in [0, 0.1) is 11.7 Å². The summed E-state index contributed by atoms with van der Waals surface area (Å²) in [6, 6.07) is 1.59. The molecule has 17 heteroatoms. The number of halogens is 1. The average molecular weight is 760 g/mol. The van der Waals surface area contributed by atoms with Crippen LogP contribution in [0.3, 0.4) is 0 Å². The first-order valence-electron chi connectivity index (χ1n) is 17.4. The first-order valence-corrected chi connectivity index (χ1v) is 19.0. The Labute approximate surface area is 307 Å². The Morgan fingerprint density at radius 1 is 1.11 bits per heavy atom. The van der Waals surface area contributed by atoms with Crippen molar-refractivity contribution in [2.75, 3.05) is 6.54 Å². The van der Waals surface area contributed by atoms with E-state index in [1.807, 2.05) is 0 Å². The van der Waals surface area contributed by atoms with Crippen LogP contribution in [0.25, 0.3) is 0 Å². The number of rotatable bonds is 12. The van der Waals surface area contributed by atoms with Crippen LogP contribution in [-0.4, -0.2) is 95.0 Å². The molecule has 2 aliphatic carbocycles. The van der Waals surface area contributed by atoms with Crippen molar-refractivity contribution >= 4 is 45.7 Å². The largest absolute Gasteiger partial charge is 0.444 e. The zero-order valence-electron chi connectivity index (χ0n) is 30.4. The van der Waals surface area contributed by atoms with Gasteiger partial charge in [-0.25, -0.2) is 22.4 Å². The van der Waals surface area contributed by atoms with Crippen molar-refractivity contribution < 1.29 is 51.0 Å². The van der Waals surface area contributed by atoms with Gasteiger partial charge >= 0.3 is 12.2 Å². The van der Waals surface area contributed by atoms with Gasteiger partial charge in [0.1, 0.15) is 35.1 Å². The summed E-state index contributed by atoms with van der Waals surface area (Å²) < 4.78 is 52.8. The minimum atomic E-state index is -3.97. The molecule has 2 heterocycles. The van der Waals surface area contributed by atoms with E-state index in [2.05, 4.69) is 21.9 Å². The summed E-state index contributed by atoms with van der Waals surface area (Å²) >= 11 is 0. The van der Waals surface area contributed by atoms with Crippen LogP contribution in [0.2, 0.25) is 0 Å². The molecule has 1 aromatic carbocycles. The molecule has 5 unspecified atom stereocenters. The molecule has 0 aromatic heterocycles. The second-order valence-corrected chi connectivity index (χ2v) is 17.2. The van der Waals surface area contributed by atoms with Gasteiger partial charge < -0.3 is 25.0 Å². The molecule has 5 amide bonds. The maximum atomic E-state index is 14.4. The average Bonchev–Trinajstić information content (AvgIpc) is 3.93. The second kappa shape index (κ2) is 14.9. The van der Waals surface area contributed by atoms with Crippen molar-refractivity contribution in [1.29, 1.82) is 0 Å². The zero-order chi connectivity index (χ0) is 39.0. The highest BCUT2D eigenvalue weighted by Gasteiger charge is 2.62. The fourth-order valence-electron chi connectivity index (χ4n) is 6.55. The molecule has 1 saturated heterocycles. The molecule has 3 fully saturated rings. The SMILES string of the molecule is C=CC1CC1(NC(=O)C1CC(OC(=O)N2Cc3cccc(F)c3C2)CN1C(=O)C(CC(=O)C=C(C)C)NC(=O)OC(C)(C)C)C(=O)NS(=O)(=O)C1CC1. The topological polar surface area (TPSA) is 198 Å². The molecular formula is C36H46FN5O10S. The Morgan fingerprint density at radius 3 is 2.40 bits per heavy atom. The number of ketones is 1. The van der Waals surface area contributed by atoms with E-state index in [9.17, 15) is 41.6 Å². The fraction of sp³-hybridized carbons (Fsp3) is 0.556. The normalized spacial score (nSPS) is 23.9. The van der Waals surface area contributed by atoms with Gasteiger partial charge in [0.05, 0.1) is 18.3 Å². The van der Waals surface area contributed by atoms with Crippen molar-refractivity contribution in [3.8, 4) is 0 Å². The first-order chi connectivity index (χ1) is 24.7. The van der Waals surface area contributed by atoms with Gasteiger partial charge in [-0.05, 0) is 71.6 Å². The second-order valence-electron chi connectivity index (χ2n) is 15.3. The number of amides is 5. The fourth-order valence-corrected chi connectivity index (χ4v) is 7.92. The molecule has 4 aliphatic rings. The highest BCUT2D eigenvalue weighted by Crippen LogP contribution is 2.45. The molecule has 0 bridgehead atoms. The number of alkyl carbamates (subject to hydrolysis) is 1. The lowest BCUT2D eigenvalue weighted by molar-refractivity contribution is -0.141. The van der Waals surface area contributed by atoms with Crippen LogP contribution < -0.4 is 15.4 Å². The highest BCUT2D eigenvalue weighted by atomic mass is 32.2. The van der Waals surface area contributed by atoms with E-state index < -0.39 is 98.4 Å². The third-order valence-electron chi connectivity index (χ3n) is 9.39. The Hall–Kier alpha value is -4.80. The predicted octanol–water partition coefficient (Wildman–Crippen LogP) is 2.74. The summed E-state index contributed by atoms with van der Waals surface area (Å²) in [6.45, 7) is 11.6. The Kier molecular flexibility index (Phi) is 11.1. The molecule has 5 atom stereocenters. The van der Waals surface area contributed by atoms with Gasteiger partial charge in [0.2, 0.25) is 21.8 Å². The lowest BCUT2D eigenvalue weighted by Crippen LogP contribution is -2.58. The molecule has 3 N–H and O–H groups in total. The first kappa shape index (κ1) is 39.4. The molecule has 15 nitrogen and oxygen atoms in total. The van der Waals surface area contributed by atoms with E-state index in [0.29, 0.717) is 29.5 Å². The van der Waals surface area contributed by atoms with E-state index in [1.54, 1.807) is 40.7 Å². The van der Waals surface area contributed by atoms with Gasteiger partial charge in [-0.2, -0.15) is 0 Å². The molecule has 5 rings (SSSR count). The van der Waals surface area contributed by atoms with Crippen LogP contribution in [0.5, 0.6) is 0 Å². The molecular weight excluding hydrogens is 713 g/mol. The summed E-state index contributed by atoms with van der Waals surface area (Å²) in [5.74, 6) is -4.27.